The predicted octanol–water partition coefficient (Wildman–Crippen LogP) is 4.92. The van der Waals surface area contributed by atoms with Gasteiger partial charge in [-0.2, -0.15) is 5.10 Å². The standard InChI is InChI=1S/C16H19BrN2/c1-4-6-8-9-10-11-13-15-16(17)14(12-7-5-2)18-19(15)3/h5-13H,2,4H2,1,3H3/b8-6-,10-9+,12-7+,13-11-. The van der Waals surface area contributed by atoms with Gasteiger partial charge in [0.2, 0.25) is 0 Å². The van der Waals surface area contributed by atoms with E-state index in [1.807, 2.05) is 54.3 Å². The van der Waals surface area contributed by atoms with Gasteiger partial charge >= 0.3 is 0 Å². The van der Waals surface area contributed by atoms with Crippen LogP contribution in [0.1, 0.15) is 24.7 Å². The molecule has 0 saturated heterocycles. The van der Waals surface area contributed by atoms with Crippen LogP contribution in [0, 0.1) is 0 Å². The van der Waals surface area contributed by atoms with E-state index in [9.17, 15) is 0 Å². The van der Waals surface area contributed by atoms with Gasteiger partial charge in [0.25, 0.3) is 0 Å². The van der Waals surface area contributed by atoms with Crippen LogP contribution < -0.4 is 0 Å². The summed E-state index contributed by atoms with van der Waals surface area (Å²) in [5.41, 5.74) is 1.93. The Hall–Kier alpha value is -1.61. The molecule has 0 atom stereocenters. The van der Waals surface area contributed by atoms with E-state index in [1.165, 1.54) is 0 Å². The van der Waals surface area contributed by atoms with Crippen LogP contribution >= 0.6 is 15.9 Å². The van der Waals surface area contributed by atoms with Crippen LogP contribution in [0.2, 0.25) is 0 Å². The first kappa shape index (κ1) is 15.4. The highest BCUT2D eigenvalue weighted by atomic mass is 79.9. The third-order valence-electron chi connectivity index (χ3n) is 2.41. The minimum atomic E-state index is 0.900. The lowest BCUT2D eigenvalue weighted by atomic mass is 10.3. The van der Waals surface area contributed by atoms with Crippen LogP contribution in [-0.2, 0) is 7.05 Å². The summed E-state index contributed by atoms with van der Waals surface area (Å²) in [6.07, 6.45) is 18.8. The number of aromatic nitrogens is 2. The molecule has 0 aliphatic heterocycles. The molecule has 100 valence electrons. The van der Waals surface area contributed by atoms with Crippen molar-refractivity contribution in [3.8, 4) is 0 Å². The molecule has 0 aromatic carbocycles. The van der Waals surface area contributed by atoms with E-state index in [2.05, 4.69) is 40.6 Å². The molecule has 1 rings (SSSR count). The van der Waals surface area contributed by atoms with Gasteiger partial charge in [0, 0.05) is 7.05 Å². The molecule has 0 radical (unpaired) electrons. The molecule has 1 aromatic heterocycles. The zero-order chi connectivity index (χ0) is 14.1. The highest BCUT2D eigenvalue weighted by Crippen LogP contribution is 2.23. The Morgan fingerprint density at radius 3 is 2.58 bits per heavy atom. The molecule has 0 unspecified atom stereocenters. The Labute approximate surface area is 123 Å². The third-order valence-corrected chi connectivity index (χ3v) is 3.22. The van der Waals surface area contributed by atoms with Crippen LogP contribution in [0.5, 0.6) is 0 Å². The predicted molar refractivity (Wildman–Crippen MR) is 87.7 cm³/mol. The summed E-state index contributed by atoms with van der Waals surface area (Å²) >= 11 is 3.57. The summed E-state index contributed by atoms with van der Waals surface area (Å²) in [6.45, 7) is 5.77. The van der Waals surface area contributed by atoms with Crippen molar-refractivity contribution < 1.29 is 0 Å². The second-order valence-electron chi connectivity index (χ2n) is 3.88. The number of nitrogens with zero attached hydrogens (tertiary/aromatic N) is 2. The Morgan fingerprint density at radius 2 is 1.89 bits per heavy atom. The Bertz CT molecular complexity index is 531. The number of rotatable bonds is 6. The largest absolute Gasteiger partial charge is 0.267 e. The fourth-order valence-corrected chi connectivity index (χ4v) is 2.07. The summed E-state index contributed by atoms with van der Waals surface area (Å²) in [5.74, 6) is 0. The molecule has 0 spiro atoms. The molecule has 1 heterocycles. The molecule has 19 heavy (non-hydrogen) atoms. The van der Waals surface area contributed by atoms with Crippen molar-refractivity contribution in [3.63, 3.8) is 0 Å². The van der Waals surface area contributed by atoms with Crippen molar-refractivity contribution in [2.75, 3.05) is 0 Å². The summed E-state index contributed by atoms with van der Waals surface area (Å²) in [6, 6.07) is 0. The van der Waals surface area contributed by atoms with E-state index >= 15 is 0 Å². The van der Waals surface area contributed by atoms with Gasteiger partial charge in [-0.05, 0) is 34.5 Å². The molecule has 3 heteroatoms. The third kappa shape index (κ3) is 4.87. The van der Waals surface area contributed by atoms with Crippen molar-refractivity contribution in [1.82, 2.24) is 9.78 Å². The topological polar surface area (TPSA) is 17.8 Å². The SMILES string of the molecule is C=C/C=C/c1nn(C)c(\C=C/C=C/C=C\CC)c1Br. The molecule has 0 N–H and O–H groups in total. The second kappa shape index (κ2) is 8.48. The maximum absolute atomic E-state index is 4.42. The van der Waals surface area contributed by atoms with Gasteiger partial charge in [-0.25, -0.2) is 0 Å². The maximum Gasteiger partial charge on any atom is 0.0999 e. The van der Waals surface area contributed by atoms with Crippen LogP contribution in [0.15, 0.2) is 53.6 Å². The Morgan fingerprint density at radius 1 is 1.16 bits per heavy atom. The lowest BCUT2D eigenvalue weighted by Gasteiger charge is -1.93. The normalized spacial score (nSPS) is 12.6. The first-order chi connectivity index (χ1) is 9.20. The van der Waals surface area contributed by atoms with Crippen molar-refractivity contribution >= 4 is 28.1 Å². The Balaban J connectivity index is 2.84. The minimum Gasteiger partial charge on any atom is -0.267 e. The van der Waals surface area contributed by atoms with Gasteiger partial charge in [0.15, 0.2) is 0 Å². The monoisotopic (exact) mass is 318 g/mol. The lowest BCUT2D eigenvalue weighted by Crippen LogP contribution is -1.92. The van der Waals surface area contributed by atoms with Crippen molar-refractivity contribution in [2.24, 2.45) is 7.05 Å². The Kier molecular flexibility index (Phi) is 6.90. The van der Waals surface area contributed by atoms with Crippen LogP contribution in [-0.4, -0.2) is 9.78 Å². The van der Waals surface area contributed by atoms with Gasteiger partial charge in [-0.3, -0.25) is 4.68 Å². The van der Waals surface area contributed by atoms with Crippen molar-refractivity contribution in [3.05, 3.63) is 65.0 Å². The van der Waals surface area contributed by atoms with Crippen LogP contribution in [0.25, 0.3) is 12.2 Å². The van der Waals surface area contributed by atoms with E-state index in [4.69, 9.17) is 0 Å². The van der Waals surface area contributed by atoms with Crippen LogP contribution in [0.3, 0.4) is 0 Å². The highest BCUT2D eigenvalue weighted by molar-refractivity contribution is 9.10. The summed E-state index contributed by atoms with van der Waals surface area (Å²) in [4.78, 5) is 0. The van der Waals surface area contributed by atoms with Gasteiger partial charge in [0.1, 0.15) is 0 Å². The first-order valence-electron chi connectivity index (χ1n) is 6.22. The number of hydrogen-bond acceptors (Lipinski definition) is 1. The first-order valence-corrected chi connectivity index (χ1v) is 7.01. The van der Waals surface area contributed by atoms with E-state index in [0.29, 0.717) is 0 Å². The average molecular weight is 319 g/mol. The molecule has 0 bridgehead atoms. The number of hydrogen-bond donors (Lipinski definition) is 0. The quantitative estimate of drug-likeness (QED) is 0.681. The van der Waals surface area contributed by atoms with E-state index < -0.39 is 0 Å². The zero-order valence-corrected chi connectivity index (χ0v) is 13.0. The lowest BCUT2D eigenvalue weighted by molar-refractivity contribution is 0.756. The number of allylic oxidation sites excluding steroid dienone is 7. The number of halogens is 1. The maximum atomic E-state index is 4.42. The fourth-order valence-electron chi connectivity index (χ4n) is 1.47. The molecule has 2 nitrogen and oxygen atoms in total. The molecular formula is C16H19BrN2. The van der Waals surface area contributed by atoms with Crippen LogP contribution in [0.4, 0.5) is 0 Å². The van der Waals surface area contributed by atoms with Gasteiger partial charge in [-0.15, -0.1) is 0 Å². The summed E-state index contributed by atoms with van der Waals surface area (Å²) < 4.78 is 2.83. The van der Waals surface area contributed by atoms with E-state index in [1.54, 1.807) is 6.08 Å². The number of aryl methyl sites for hydroxylation is 1. The smallest absolute Gasteiger partial charge is 0.0999 e. The summed E-state index contributed by atoms with van der Waals surface area (Å²) in [7, 11) is 1.93. The van der Waals surface area contributed by atoms with Gasteiger partial charge in [-0.1, -0.05) is 56.0 Å². The highest BCUT2D eigenvalue weighted by Gasteiger charge is 2.08. The zero-order valence-electron chi connectivity index (χ0n) is 11.4. The van der Waals surface area contributed by atoms with Crippen molar-refractivity contribution in [1.29, 1.82) is 0 Å². The van der Waals surface area contributed by atoms with Gasteiger partial charge in [0.05, 0.1) is 15.9 Å². The van der Waals surface area contributed by atoms with E-state index in [0.717, 1.165) is 22.3 Å². The average Bonchev–Trinajstić information content (AvgIpc) is 2.67. The molecule has 0 aliphatic carbocycles. The molecule has 0 amide bonds. The summed E-state index contributed by atoms with van der Waals surface area (Å²) in [5, 5.41) is 4.42. The van der Waals surface area contributed by atoms with Crippen molar-refractivity contribution in [2.45, 2.75) is 13.3 Å². The molecule has 0 aliphatic rings. The molecule has 1 aromatic rings. The molecule has 0 saturated carbocycles. The van der Waals surface area contributed by atoms with Gasteiger partial charge < -0.3 is 0 Å². The molecule has 0 fully saturated rings. The minimum absolute atomic E-state index is 0.900. The van der Waals surface area contributed by atoms with E-state index in [-0.39, 0.29) is 0 Å². The fraction of sp³-hybridized carbons (Fsp3) is 0.188. The molecular weight excluding hydrogens is 300 g/mol. The second-order valence-corrected chi connectivity index (χ2v) is 4.68.